The van der Waals surface area contributed by atoms with Gasteiger partial charge in [-0.25, -0.2) is 0 Å². The fourth-order valence-corrected chi connectivity index (χ4v) is 3.92. The quantitative estimate of drug-likeness (QED) is 0.201. The molecule has 0 amide bonds. The molecular formula is C15H31N3OS. The molecule has 20 heavy (non-hydrogen) atoms. The van der Waals surface area contributed by atoms with E-state index in [1.165, 1.54) is 25.0 Å². The fourth-order valence-electron chi connectivity index (χ4n) is 2.77. The molecule has 1 saturated carbocycles. The van der Waals surface area contributed by atoms with Crippen molar-refractivity contribution in [3.05, 3.63) is 0 Å². The van der Waals surface area contributed by atoms with Crippen molar-refractivity contribution in [1.29, 1.82) is 0 Å². The minimum absolute atomic E-state index is 0.203. The van der Waals surface area contributed by atoms with Gasteiger partial charge in [-0.3, -0.25) is 0 Å². The van der Waals surface area contributed by atoms with Crippen LogP contribution in [0.1, 0.15) is 59.3 Å². The predicted molar refractivity (Wildman–Crippen MR) is 88.6 cm³/mol. The molecule has 0 saturated heterocycles. The third kappa shape index (κ3) is 5.92. The lowest BCUT2D eigenvalue weighted by Gasteiger charge is -2.22. The number of nitrogens with zero attached hydrogens (tertiary/aromatic N) is 1. The third-order valence-electron chi connectivity index (χ3n) is 4.25. The largest absolute Gasteiger partial charge is 0.409 e. The van der Waals surface area contributed by atoms with Crippen molar-refractivity contribution in [1.82, 2.24) is 5.32 Å². The van der Waals surface area contributed by atoms with Gasteiger partial charge in [-0.2, -0.15) is 11.8 Å². The van der Waals surface area contributed by atoms with E-state index in [0.29, 0.717) is 5.84 Å². The standard InChI is InChI=1S/C15H31N3OS/c1-4-20-13-8-7-12(11-13)17-10-6-5-9-15(2,3)14(16)18-19/h12-13,17,19H,4-11H2,1-3H3,(H2,16,18). The zero-order valence-corrected chi connectivity index (χ0v) is 14.0. The molecule has 1 aliphatic rings. The molecule has 118 valence electrons. The molecule has 1 fully saturated rings. The Hall–Kier alpha value is -0.420. The van der Waals surface area contributed by atoms with Crippen LogP contribution >= 0.6 is 11.8 Å². The summed E-state index contributed by atoms with van der Waals surface area (Å²) < 4.78 is 0. The lowest BCUT2D eigenvalue weighted by atomic mass is 9.86. The Balaban J connectivity index is 2.08. The van der Waals surface area contributed by atoms with Crippen molar-refractivity contribution < 1.29 is 5.21 Å². The minimum Gasteiger partial charge on any atom is -0.409 e. The zero-order valence-electron chi connectivity index (χ0n) is 13.2. The van der Waals surface area contributed by atoms with Gasteiger partial charge in [0.05, 0.1) is 0 Å². The molecule has 2 unspecified atom stereocenters. The number of hydrogen-bond donors (Lipinski definition) is 3. The van der Waals surface area contributed by atoms with Gasteiger partial charge in [0.15, 0.2) is 0 Å². The highest BCUT2D eigenvalue weighted by atomic mass is 32.2. The molecule has 1 aliphatic carbocycles. The van der Waals surface area contributed by atoms with Crippen LogP contribution in [-0.4, -0.2) is 34.6 Å². The van der Waals surface area contributed by atoms with E-state index in [0.717, 1.165) is 37.1 Å². The van der Waals surface area contributed by atoms with Crippen LogP contribution in [0.15, 0.2) is 5.16 Å². The van der Waals surface area contributed by atoms with Crippen LogP contribution in [0, 0.1) is 5.41 Å². The molecule has 0 aromatic carbocycles. The molecule has 4 nitrogen and oxygen atoms in total. The molecule has 4 N–H and O–H groups in total. The molecule has 0 spiro atoms. The molecule has 0 radical (unpaired) electrons. The lowest BCUT2D eigenvalue weighted by molar-refractivity contribution is 0.304. The lowest BCUT2D eigenvalue weighted by Crippen LogP contribution is -2.32. The highest BCUT2D eigenvalue weighted by molar-refractivity contribution is 7.99. The first-order valence-electron chi connectivity index (χ1n) is 7.82. The van der Waals surface area contributed by atoms with Gasteiger partial charge in [-0.15, -0.1) is 0 Å². The van der Waals surface area contributed by atoms with Gasteiger partial charge in [0.1, 0.15) is 5.84 Å². The second-order valence-corrected chi connectivity index (χ2v) is 7.95. The molecule has 0 aliphatic heterocycles. The van der Waals surface area contributed by atoms with Crippen molar-refractivity contribution in [3.8, 4) is 0 Å². The predicted octanol–water partition coefficient (Wildman–Crippen LogP) is 3.19. The third-order valence-corrected chi connectivity index (χ3v) is 5.48. The molecule has 1 rings (SSSR count). The van der Waals surface area contributed by atoms with Gasteiger partial charge in [-0.05, 0) is 44.4 Å². The highest BCUT2D eigenvalue weighted by Crippen LogP contribution is 2.29. The van der Waals surface area contributed by atoms with E-state index < -0.39 is 0 Å². The summed E-state index contributed by atoms with van der Waals surface area (Å²) in [6.07, 6.45) is 7.25. The summed E-state index contributed by atoms with van der Waals surface area (Å²) in [5, 5.41) is 16.4. The van der Waals surface area contributed by atoms with E-state index in [1.54, 1.807) is 0 Å². The number of rotatable bonds is 9. The molecule has 0 aromatic rings. The van der Waals surface area contributed by atoms with E-state index in [4.69, 9.17) is 10.9 Å². The average Bonchev–Trinajstić information content (AvgIpc) is 2.85. The molecular weight excluding hydrogens is 270 g/mol. The van der Waals surface area contributed by atoms with Crippen molar-refractivity contribution >= 4 is 17.6 Å². The topological polar surface area (TPSA) is 70.6 Å². The summed E-state index contributed by atoms with van der Waals surface area (Å²) in [6, 6.07) is 0.719. The monoisotopic (exact) mass is 301 g/mol. The van der Waals surface area contributed by atoms with E-state index in [-0.39, 0.29) is 5.41 Å². The van der Waals surface area contributed by atoms with Gasteiger partial charge < -0.3 is 16.3 Å². The van der Waals surface area contributed by atoms with Crippen molar-refractivity contribution in [2.45, 2.75) is 70.6 Å². The summed E-state index contributed by atoms with van der Waals surface area (Å²) in [4.78, 5) is 0. The van der Waals surface area contributed by atoms with Crippen molar-refractivity contribution in [3.63, 3.8) is 0 Å². The van der Waals surface area contributed by atoms with E-state index >= 15 is 0 Å². The first kappa shape index (κ1) is 17.6. The van der Waals surface area contributed by atoms with E-state index in [1.807, 2.05) is 13.8 Å². The SMILES string of the molecule is CCSC1CCC(NCCCCC(C)(C)C(N)=NO)C1. The van der Waals surface area contributed by atoms with Gasteiger partial charge >= 0.3 is 0 Å². The smallest absolute Gasteiger partial charge is 0.144 e. The number of thioether (sulfide) groups is 1. The van der Waals surface area contributed by atoms with Crippen molar-refractivity contribution in [2.75, 3.05) is 12.3 Å². The Morgan fingerprint density at radius 1 is 1.40 bits per heavy atom. The van der Waals surface area contributed by atoms with Gasteiger partial charge in [0.25, 0.3) is 0 Å². The average molecular weight is 302 g/mol. The molecule has 5 heteroatoms. The van der Waals surface area contributed by atoms with Crippen LogP contribution in [0.25, 0.3) is 0 Å². The number of oxime groups is 1. The second-order valence-electron chi connectivity index (χ2n) is 6.37. The van der Waals surface area contributed by atoms with E-state index in [9.17, 15) is 0 Å². The maximum Gasteiger partial charge on any atom is 0.144 e. The number of hydrogen-bond acceptors (Lipinski definition) is 4. The van der Waals surface area contributed by atoms with Crippen LogP contribution in [0.2, 0.25) is 0 Å². The zero-order chi connectivity index (χ0) is 15.0. The van der Waals surface area contributed by atoms with Gasteiger partial charge in [0, 0.05) is 16.7 Å². The molecule has 0 bridgehead atoms. The first-order valence-corrected chi connectivity index (χ1v) is 8.87. The summed E-state index contributed by atoms with van der Waals surface area (Å²) in [6.45, 7) is 7.38. The summed E-state index contributed by atoms with van der Waals surface area (Å²) >= 11 is 2.10. The van der Waals surface area contributed by atoms with Crippen LogP contribution in [0.3, 0.4) is 0 Å². The van der Waals surface area contributed by atoms with Crippen molar-refractivity contribution in [2.24, 2.45) is 16.3 Å². The Kier molecular flexibility index (Phi) is 7.74. The minimum atomic E-state index is -0.203. The van der Waals surface area contributed by atoms with Gasteiger partial charge in [-0.1, -0.05) is 32.3 Å². The van der Waals surface area contributed by atoms with Crippen LogP contribution in [-0.2, 0) is 0 Å². The maximum atomic E-state index is 8.73. The highest BCUT2D eigenvalue weighted by Gasteiger charge is 2.24. The number of nitrogens with two attached hydrogens (primary N) is 1. The Bertz CT molecular complexity index is 307. The van der Waals surface area contributed by atoms with Crippen LogP contribution in [0.5, 0.6) is 0 Å². The fraction of sp³-hybridized carbons (Fsp3) is 0.933. The normalized spacial score (nSPS) is 24.2. The number of unbranched alkanes of at least 4 members (excludes halogenated alkanes) is 1. The summed E-state index contributed by atoms with van der Waals surface area (Å²) in [7, 11) is 0. The molecule has 2 atom stereocenters. The number of amidine groups is 1. The summed E-state index contributed by atoms with van der Waals surface area (Å²) in [5.74, 6) is 1.57. The Morgan fingerprint density at radius 3 is 2.80 bits per heavy atom. The first-order chi connectivity index (χ1) is 9.49. The van der Waals surface area contributed by atoms with Crippen LogP contribution < -0.4 is 11.1 Å². The second kappa shape index (κ2) is 8.78. The number of nitrogens with one attached hydrogen (secondary N) is 1. The van der Waals surface area contributed by atoms with E-state index in [2.05, 4.69) is 29.2 Å². The molecule has 0 heterocycles. The van der Waals surface area contributed by atoms with Gasteiger partial charge in [0.2, 0.25) is 0 Å². The maximum absolute atomic E-state index is 8.73. The Morgan fingerprint density at radius 2 is 2.15 bits per heavy atom. The molecule has 0 aromatic heterocycles. The summed E-state index contributed by atoms with van der Waals surface area (Å²) in [5.41, 5.74) is 5.49. The van der Waals surface area contributed by atoms with Crippen LogP contribution in [0.4, 0.5) is 0 Å². The Labute approximate surface area is 127 Å².